The first-order valence-electron chi connectivity index (χ1n) is 4.60. The minimum Gasteiger partial charge on any atom is -0.489 e. The Hall–Kier alpha value is -1.97. The van der Waals surface area contributed by atoms with E-state index in [1.807, 2.05) is 0 Å². The average Bonchev–Trinajstić information content (AvgIpc) is 2.25. The molecule has 1 aliphatic heterocycles. The predicted molar refractivity (Wildman–Crippen MR) is 56.3 cm³/mol. The highest BCUT2D eigenvalue weighted by atomic mass is 16.5. The summed E-state index contributed by atoms with van der Waals surface area (Å²) in [5, 5.41) is 2.71. The number of nitrogens with one attached hydrogen (secondary N) is 1. The molecule has 0 unspecified atom stereocenters. The van der Waals surface area contributed by atoms with Crippen LogP contribution in [0.4, 0.5) is 5.69 Å². The first-order chi connectivity index (χ1) is 7.29. The van der Waals surface area contributed by atoms with Crippen molar-refractivity contribution in [2.45, 2.75) is 0 Å². The maximum absolute atomic E-state index is 11.1. The van der Waals surface area contributed by atoms with E-state index in [2.05, 4.69) is 11.9 Å². The molecular weight excluding hydrogens is 194 g/mol. The molecule has 1 amide bonds. The minimum atomic E-state index is -0.150. The van der Waals surface area contributed by atoms with E-state index in [1.165, 1.54) is 0 Å². The molecule has 1 aromatic carbocycles. The largest absolute Gasteiger partial charge is 0.489 e. The number of anilines is 1. The Balaban J connectivity index is 2.20. The molecule has 4 nitrogen and oxygen atoms in total. The quantitative estimate of drug-likeness (QED) is 0.762. The molecule has 0 aromatic heterocycles. The lowest BCUT2D eigenvalue weighted by molar-refractivity contribution is -0.118. The summed E-state index contributed by atoms with van der Waals surface area (Å²) in [5.74, 6) is 1.20. The number of ether oxygens (including phenoxy) is 2. The number of hydrogen-bond donors (Lipinski definition) is 1. The first-order valence-corrected chi connectivity index (χ1v) is 4.60. The van der Waals surface area contributed by atoms with Crippen LogP contribution in [0.1, 0.15) is 0 Å². The van der Waals surface area contributed by atoms with Gasteiger partial charge in [-0.25, -0.2) is 0 Å². The SMILES string of the molecule is C=CCOc1ccc2c(c1)NC(=O)CO2. The Labute approximate surface area is 87.5 Å². The highest BCUT2D eigenvalue weighted by Crippen LogP contribution is 2.31. The lowest BCUT2D eigenvalue weighted by atomic mass is 10.2. The second-order valence-corrected chi connectivity index (χ2v) is 3.09. The van der Waals surface area contributed by atoms with Gasteiger partial charge in [0, 0.05) is 6.07 Å². The Bertz CT molecular complexity index is 401. The summed E-state index contributed by atoms with van der Waals surface area (Å²) in [7, 11) is 0. The molecule has 2 rings (SSSR count). The third-order valence-electron chi connectivity index (χ3n) is 1.95. The van der Waals surface area contributed by atoms with Gasteiger partial charge in [0.2, 0.25) is 0 Å². The maximum atomic E-state index is 11.1. The molecule has 1 aromatic rings. The molecule has 0 saturated carbocycles. The van der Waals surface area contributed by atoms with E-state index in [-0.39, 0.29) is 12.5 Å². The fourth-order valence-corrected chi connectivity index (χ4v) is 1.31. The molecule has 4 heteroatoms. The summed E-state index contributed by atoms with van der Waals surface area (Å²) in [6.45, 7) is 4.06. The number of fused-ring (bicyclic) bond motifs is 1. The van der Waals surface area contributed by atoms with E-state index < -0.39 is 0 Å². The second kappa shape index (κ2) is 4.04. The molecule has 0 aliphatic carbocycles. The van der Waals surface area contributed by atoms with Crippen molar-refractivity contribution in [1.29, 1.82) is 0 Å². The lowest BCUT2D eigenvalue weighted by Crippen LogP contribution is -2.25. The smallest absolute Gasteiger partial charge is 0.262 e. The van der Waals surface area contributed by atoms with E-state index in [4.69, 9.17) is 9.47 Å². The molecule has 0 bridgehead atoms. The Morgan fingerprint density at radius 3 is 3.27 bits per heavy atom. The van der Waals surface area contributed by atoms with Gasteiger partial charge in [-0.05, 0) is 12.1 Å². The fourth-order valence-electron chi connectivity index (χ4n) is 1.31. The van der Waals surface area contributed by atoms with Crippen molar-refractivity contribution >= 4 is 11.6 Å². The number of rotatable bonds is 3. The summed E-state index contributed by atoms with van der Waals surface area (Å²) in [6, 6.07) is 5.29. The predicted octanol–water partition coefficient (Wildman–Crippen LogP) is 1.58. The normalized spacial score (nSPS) is 13.5. The van der Waals surface area contributed by atoms with Crippen LogP contribution in [0, 0.1) is 0 Å². The number of amides is 1. The molecule has 0 saturated heterocycles. The molecular formula is C11H11NO3. The van der Waals surface area contributed by atoms with Gasteiger partial charge in [-0.2, -0.15) is 0 Å². The van der Waals surface area contributed by atoms with Crippen molar-refractivity contribution in [3.05, 3.63) is 30.9 Å². The van der Waals surface area contributed by atoms with Gasteiger partial charge in [-0.3, -0.25) is 4.79 Å². The van der Waals surface area contributed by atoms with Crippen molar-refractivity contribution in [2.75, 3.05) is 18.5 Å². The monoisotopic (exact) mass is 205 g/mol. The van der Waals surface area contributed by atoms with Crippen LogP contribution in [-0.2, 0) is 4.79 Å². The Morgan fingerprint density at radius 2 is 2.47 bits per heavy atom. The van der Waals surface area contributed by atoms with Crippen LogP contribution < -0.4 is 14.8 Å². The van der Waals surface area contributed by atoms with Gasteiger partial charge in [-0.15, -0.1) is 0 Å². The summed E-state index contributed by atoms with van der Waals surface area (Å²) in [6.07, 6.45) is 1.66. The van der Waals surface area contributed by atoms with Crippen LogP contribution in [0.2, 0.25) is 0 Å². The van der Waals surface area contributed by atoms with Crippen LogP contribution in [0.15, 0.2) is 30.9 Å². The van der Waals surface area contributed by atoms with E-state index in [1.54, 1.807) is 24.3 Å². The van der Waals surface area contributed by atoms with Gasteiger partial charge in [0.05, 0.1) is 5.69 Å². The topological polar surface area (TPSA) is 47.6 Å². The molecule has 0 atom stereocenters. The molecule has 15 heavy (non-hydrogen) atoms. The standard InChI is InChI=1S/C11H11NO3/c1-2-5-14-8-3-4-10-9(6-8)12-11(13)7-15-10/h2-4,6H,1,5,7H2,(H,12,13). The third kappa shape index (κ3) is 2.10. The summed E-state index contributed by atoms with van der Waals surface area (Å²) in [5.41, 5.74) is 0.646. The Kier molecular flexibility index (Phi) is 2.58. The van der Waals surface area contributed by atoms with Crippen LogP contribution >= 0.6 is 0 Å². The summed E-state index contributed by atoms with van der Waals surface area (Å²) in [4.78, 5) is 11.1. The van der Waals surface area contributed by atoms with E-state index >= 15 is 0 Å². The Morgan fingerprint density at radius 1 is 1.60 bits per heavy atom. The number of carbonyl (C=O) groups excluding carboxylic acids is 1. The molecule has 78 valence electrons. The highest BCUT2D eigenvalue weighted by molar-refractivity contribution is 5.95. The number of benzene rings is 1. The van der Waals surface area contributed by atoms with E-state index in [9.17, 15) is 4.79 Å². The van der Waals surface area contributed by atoms with Crippen molar-refractivity contribution in [1.82, 2.24) is 0 Å². The second-order valence-electron chi connectivity index (χ2n) is 3.09. The first kappa shape index (κ1) is 9.58. The van der Waals surface area contributed by atoms with Gasteiger partial charge >= 0.3 is 0 Å². The summed E-state index contributed by atoms with van der Waals surface area (Å²) >= 11 is 0. The van der Waals surface area contributed by atoms with Crippen LogP contribution in [0.5, 0.6) is 11.5 Å². The number of hydrogen-bond acceptors (Lipinski definition) is 3. The maximum Gasteiger partial charge on any atom is 0.262 e. The van der Waals surface area contributed by atoms with Gasteiger partial charge in [0.1, 0.15) is 18.1 Å². The number of carbonyl (C=O) groups is 1. The molecule has 1 aliphatic rings. The molecule has 1 N–H and O–H groups in total. The van der Waals surface area contributed by atoms with Crippen molar-refractivity contribution < 1.29 is 14.3 Å². The fraction of sp³-hybridized carbons (Fsp3) is 0.182. The average molecular weight is 205 g/mol. The third-order valence-corrected chi connectivity index (χ3v) is 1.95. The molecule has 0 spiro atoms. The van der Waals surface area contributed by atoms with Crippen molar-refractivity contribution in [2.24, 2.45) is 0 Å². The van der Waals surface area contributed by atoms with Gasteiger partial charge in [-0.1, -0.05) is 12.7 Å². The highest BCUT2D eigenvalue weighted by Gasteiger charge is 2.15. The van der Waals surface area contributed by atoms with Gasteiger partial charge < -0.3 is 14.8 Å². The molecule has 0 radical (unpaired) electrons. The molecule has 0 fully saturated rings. The van der Waals surface area contributed by atoms with Gasteiger partial charge in [0.25, 0.3) is 5.91 Å². The zero-order valence-electron chi connectivity index (χ0n) is 8.16. The van der Waals surface area contributed by atoms with Crippen LogP contribution in [0.3, 0.4) is 0 Å². The van der Waals surface area contributed by atoms with E-state index in [0.29, 0.717) is 23.8 Å². The van der Waals surface area contributed by atoms with Crippen LogP contribution in [0.25, 0.3) is 0 Å². The molecule has 1 heterocycles. The zero-order chi connectivity index (χ0) is 10.7. The van der Waals surface area contributed by atoms with Crippen molar-refractivity contribution in [3.8, 4) is 11.5 Å². The van der Waals surface area contributed by atoms with Crippen LogP contribution in [-0.4, -0.2) is 19.1 Å². The lowest BCUT2D eigenvalue weighted by Gasteiger charge is -2.18. The van der Waals surface area contributed by atoms with E-state index in [0.717, 1.165) is 0 Å². The summed E-state index contributed by atoms with van der Waals surface area (Å²) < 4.78 is 10.5. The minimum absolute atomic E-state index is 0.0693. The van der Waals surface area contributed by atoms with Crippen molar-refractivity contribution in [3.63, 3.8) is 0 Å². The van der Waals surface area contributed by atoms with Gasteiger partial charge in [0.15, 0.2) is 6.61 Å². The zero-order valence-corrected chi connectivity index (χ0v) is 8.16.